The highest BCUT2D eigenvalue weighted by Crippen LogP contribution is 2.05. The molecule has 0 aliphatic carbocycles. The van der Waals surface area contributed by atoms with Crippen LogP contribution in [0.1, 0.15) is 20.3 Å². The van der Waals surface area contributed by atoms with Crippen LogP contribution in [-0.4, -0.2) is 40.8 Å². The van der Waals surface area contributed by atoms with Gasteiger partial charge in [0.05, 0.1) is 0 Å². The lowest BCUT2D eigenvalue weighted by Gasteiger charge is -2.17. The summed E-state index contributed by atoms with van der Waals surface area (Å²) >= 11 is 0. The van der Waals surface area contributed by atoms with Gasteiger partial charge in [-0.25, -0.2) is 4.79 Å². The van der Waals surface area contributed by atoms with Crippen LogP contribution in [0.4, 0.5) is 0 Å². The molecule has 6 nitrogen and oxygen atoms in total. The lowest BCUT2D eigenvalue weighted by atomic mass is 10.0. The third kappa shape index (κ3) is 5.34. The molecule has 0 rings (SSSR count). The second kappa shape index (κ2) is 6.36. The van der Waals surface area contributed by atoms with Gasteiger partial charge in [0.25, 0.3) is 5.91 Å². The van der Waals surface area contributed by atoms with Crippen molar-refractivity contribution in [2.75, 3.05) is 6.54 Å². The van der Waals surface area contributed by atoms with E-state index in [1.165, 1.54) is 0 Å². The van der Waals surface area contributed by atoms with E-state index in [-0.39, 0.29) is 12.5 Å². The van der Waals surface area contributed by atoms with E-state index in [4.69, 9.17) is 15.9 Å². The number of carboxylic acid groups (broad SMARTS) is 1. The minimum atomic E-state index is -1.35. The zero-order valence-electron chi connectivity index (χ0n) is 8.93. The molecule has 0 fully saturated rings. The number of aliphatic hydroxyl groups is 1. The number of hydrogen-bond donors (Lipinski definition) is 4. The molecule has 0 saturated carbocycles. The van der Waals surface area contributed by atoms with Crippen LogP contribution in [0.3, 0.4) is 0 Å². The number of aliphatic carboxylic acids is 1. The molecule has 1 amide bonds. The van der Waals surface area contributed by atoms with E-state index in [1.807, 2.05) is 13.8 Å². The van der Waals surface area contributed by atoms with Gasteiger partial charge in [0.15, 0.2) is 0 Å². The van der Waals surface area contributed by atoms with E-state index in [2.05, 4.69) is 5.32 Å². The molecule has 1 unspecified atom stereocenters. The summed E-state index contributed by atoms with van der Waals surface area (Å²) in [4.78, 5) is 21.9. The lowest BCUT2D eigenvalue weighted by Crippen LogP contribution is -2.48. The molecule has 88 valence electrons. The highest BCUT2D eigenvalue weighted by Gasteiger charge is 2.23. The molecule has 0 aromatic rings. The van der Waals surface area contributed by atoms with Gasteiger partial charge in [-0.05, 0) is 12.3 Å². The highest BCUT2D eigenvalue weighted by molar-refractivity contribution is 5.86. The lowest BCUT2D eigenvalue weighted by molar-refractivity contribution is -0.143. The maximum atomic E-state index is 11.2. The van der Waals surface area contributed by atoms with E-state index in [0.717, 1.165) is 0 Å². The van der Waals surface area contributed by atoms with Crippen LogP contribution in [0.5, 0.6) is 0 Å². The number of amides is 1. The first-order valence-electron chi connectivity index (χ1n) is 4.79. The van der Waals surface area contributed by atoms with Crippen LogP contribution in [0.25, 0.3) is 0 Å². The molecule has 15 heavy (non-hydrogen) atoms. The van der Waals surface area contributed by atoms with Gasteiger partial charge >= 0.3 is 5.97 Å². The van der Waals surface area contributed by atoms with E-state index < -0.39 is 24.0 Å². The number of carbonyl (C=O) groups is 2. The zero-order valence-corrected chi connectivity index (χ0v) is 8.93. The minimum absolute atomic E-state index is 0.140. The molecular weight excluding hydrogens is 200 g/mol. The molecule has 6 heteroatoms. The van der Waals surface area contributed by atoms with Crippen LogP contribution < -0.4 is 11.1 Å². The van der Waals surface area contributed by atoms with Crippen molar-refractivity contribution in [1.82, 2.24) is 5.32 Å². The van der Waals surface area contributed by atoms with Crippen molar-refractivity contribution >= 4 is 11.9 Å². The Morgan fingerprint density at radius 1 is 1.40 bits per heavy atom. The van der Waals surface area contributed by atoms with Gasteiger partial charge < -0.3 is 21.3 Å². The maximum absolute atomic E-state index is 11.2. The summed E-state index contributed by atoms with van der Waals surface area (Å²) in [6.07, 6.45) is -1.03. The van der Waals surface area contributed by atoms with Crippen molar-refractivity contribution in [2.45, 2.75) is 32.4 Å². The number of rotatable bonds is 6. The highest BCUT2D eigenvalue weighted by atomic mass is 16.4. The molecule has 0 aromatic carbocycles. The van der Waals surface area contributed by atoms with E-state index in [0.29, 0.717) is 6.42 Å². The van der Waals surface area contributed by atoms with Crippen LogP contribution in [0.15, 0.2) is 0 Å². The first-order valence-corrected chi connectivity index (χ1v) is 4.79. The van der Waals surface area contributed by atoms with Gasteiger partial charge in [-0.2, -0.15) is 0 Å². The summed E-state index contributed by atoms with van der Waals surface area (Å²) in [5.41, 5.74) is 5.07. The Balaban J connectivity index is 4.29. The Hall–Kier alpha value is -1.14. The molecule has 0 bridgehead atoms. The standard InChI is InChI=1S/C9H18N2O4/c1-5(2)3-6(9(14)15)11-8(13)7(12)4-10/h5-7,12H,3-4,10H2,1-2H3,(H,11,13)(H,14,15)/t6-,7?/m1/s1. The average molecular weight is 218 g/mol. The van der Waals surface area contributed by atoms with Gasteiger partial charge in [-0.1, -0.05) is 13.8 Å². The number of carboxylic acids is 1. The fourth-order valence-electron chi connectivity index (χ4n) is 1.07. The molecule has 0 heterocycles. The smallest absolute Gasteiger partial charge is 0.326 e. The van der Waals surface area contributed by atoms with E-state index >= 15 is 0 Å². The molecule has 0 saturated heterocycles. The van der Waals surface area contributed by atoms with Crippen LogP contribution in [0, 0.1) is 5.92 Å². The Morgan fingerprint density at radius 3 is 2.27 bits per heavy atom. The summed E-state index contributed by atoms with van der Waals surface area (Å²) in [5, 5.41) is 20.1. The Morgan fingerprint density at radius 2 is 1.93 bits per heavy atom. The number of hydrogen-bond acceptors (Lipinski definition) is 4. The van der Waals surface area contributed by atoms with Crippen molar-refractivity contribution < 1.29 is 19.8 Å². The van der Waals surface area contributed by atoms with Crippen LogP contribution >= 0.6 is 0 Å². The van der Waals surface area contributed by atoms with E-state index in [1.54, 1.807) is 0 Å². The molecule has 0 aromatic heterocycles. The van der Waals surface area contributed by atoms with Crippen LogP contribution in [0.2, 0.25) is 0 Å². The third-order valence-electron chi connectivity index (χ3n) is 1.85. The molecule has 5 N–H and O–H groups in total. The molecule has 2 atom stereocenters. The van der Waals surface area contributed by atoms with Crippen molar-refractivity contribution in [3.63, 3.8) is 0 Å². The second-order valence-electron chi connectivity index (χ2n) is 3.78. The number of nitrogens with one attached hydrogen (secondary N) is 1. The summed E-state index contributed by atoms with van der Waals surface area (Å²) in [6, 6.07) is -0.973. The largest absolute Gasteiger partial charge is 0.480 e. The predicted molar refractivity (Wildman–Crippen MR) is 54.1 cm³/mol. The first kappa shape index (κ1) is 13.9. The van der Waals surface area contributed by atoms with Crippen molar-refractivity contribution in [1.29, 1.82) is 0 Å². The maximum Gasteiger partial charge on any atom is 0.326 e. The molecule has 0 aliphatic heterocycles. The SMILES string of the molecule is CC(C)C[C@@H](NC(=O)C(O)CN)C(=O)O. The fraction of sp³-hybridized carbons (Fsp3) is 0.778. The first-order chi connectivity index (χ1) is 6.88. The Bertz CT molecular complexity index is 230. The van der Waals surface area contributed by atoms with E-state index in [9.17, 15) is 9.59 Å². The topological polar surface area (TPSA) is 113 Å². The van der Waals surface area contributed by atoms with Crippen LogP contribution in [-0.2, 0) is 9.59 Å². The summed E-state index contributed by atoms with van der Waals surface area (Å²) in [5.74, 6) is -1.71. The van der Waals surface area contributed by atoms with Gasteiger partial charge in [0.1, 0.15) is 12.1 Å². The second-order valence-corrected chi connectivity index (χ2v) is 3.78. The molecule has 0 aliphatic rings. The summed E-state index contributed by atoms with van der Waals surface area (Å²) < 4.78 is 0. The van der Waals surface area contributed by atoms with Gasteiger partial charge in [-0.15, -0.1) is 0 Å². The fourth-order valence-corrected chi connectivity index (χ4v) is 1.07. The minimum Gasteiger partial charge on any atom is -0.480 e. The van der Waals surface area contributed by atoms with Gasteiger partial charge in [-0.3, -0.25) is 4.79 Å². The zero-order chi connectivity index (χ0) is 12.0. The monoisotopic (exact) mass is 218 g/mol. The average Bonchev–Trinajstić information content (AvgIpc) is 2.14. The molecular formula is C9H18N2O4. The molecule has 0 radical (unpaired) electrons. The van der Waals surface area contributed by atoms with Crippen molar-refractivity contribution in [3.8, 4) is 0 Å². The molecule has 0 spiro atoms. The third-order valence-corrected chi connectivity index (χ3v) is 1.85. The number of nitrogens with two attached hydrogens (primary N) is 1. The quantitative estimate of drug-likeness (QED) is 0.453. The summed E-state index contributed by atoms with van der Waals surface area (Å²) in [6.45, 7) is 3.47. The Labute approximate surface area is 88.5 Å². The van der Waals surface area contributed by atoms with Crippen molar-refractivity contribution in [2.24, 2.45) is 11.7 Å². The Kier molecular flexibility index (Phi) is 5.88. The van der Waals surface area contributed by atoms with Gasteiger partial charge in [0.2, 0.25) is 0 Å². The summed E-state index contributed by atoms with van der Waals surface area (Å²) in [7, 11) is 0. The van der Waals surface area contributed by atoms with Gasteiger partial charge in [0, 0.05) is 6.54 Å². The predicted octanol–water partition coefficient (Wildman–Crippen LogP) is -1.08. The number of aliphatic hydroxyl groups excluding tert-OH is 1. The normalized spacial score (nSPS) is 14.7. The number of carbonyl (C=O) groups excluding carboxylic acids is 1. The van der Waals surface area contributed by atoms with Crippen molar-refractivity contribution in [3.05, 3.63) is 0 Å².